The zero-order chi connectivity index (χ0) is 23.1. The summed E-state index contributed by atoms with van der Waals surface area (Å²) in [6, 6.07) is 14.9. The Bertz CT molecular complexity index is 1190. The standard InChI is InChI=1S/C24H27N3O4S/c1-4-15-31-24-20(8-6-14-25-24)16-26-23(28)19-10-12-21(13-11-19)32(29,30)27-22-9-5-7-17(2)18(22)3/h5-14,27H,4,15-16H2,1-3H3,(H,26,28). The highest BCUT2D eigenvalue weighted by atomic mass is 32.2. The molecule has 168 valence electrons. The molecule has 8 heteroatoms. The molecule has 0 spiro atoms. The van der Waals surface area contributed by atoms with E-state index in [1.807, 2.05) is 32.9 Å². The first kappa shape index (κ1) is 23.3. The molecule has 0 fully saturated rings. The molecule has 1 amide bonds. The van der Waals surface area contributed by atoms with Crippen LogP contribution in [0.15, 0.2) is 65.7 Å². The molecule has 0 saturated heterocycles. The van der Waals surface area contributed by atoms with Crippen LogP contribution in [-0.2, 0) is 16.6 Å². The molecule has 0 aliphatic heterocycles. The number of nitrogens with one attached hydrogen (secondary N) is 2. The van der Waals surface area contributed by atoms with Crippen molar-refractivity contribution in [3.63, 3.8) is 0 Å². The van der Waals surface area contributed by atoms with Crippen molar-refractivity contribution >= 4 is 21.6 Å². The summed E-state index contributed by atoms with van der Waals surface area (Å²) in [7, 11) is -3.77. The number of amides is 1. The van der Waals surface area contributed by atoms with E-state index in [1.165, 1.54) is 24.3 Å². The number of sulfonamides is 1. The maximum Gasteiger partial charge on any atom is 0.261 e. The Morgan fingerprint density at radius 1 is 1.03 bits per heavy atom. The fourth-order valence-electron chi connectivity index (χ4n) is 3.02. The Kier molecular flexibility index (Phi) is 7.48. The SMILES string of the molecule is CCCOc1ncccc1CNC(=O)c1ccc(S(=O)(=O)Nc2cccc(C)c2C)cc1. The molecule has 2 N–H and O–H groups in total. The highest BCUT2D eigenvalue weighted by Crippen LogP contribution is 2.22. The van der Waals surface area contributed by atoms with Crippen LogP contribution in [0, 0.1) is 13.8 Å². The number of benzene rings is 2. The lowest BCUT2D eigenvalue weighted by atomic mass is 10.1. The van der Waals surface area contributed by atoms with Crippen LogP contribution < -0.4 is 14.8 Å². The van der Waals surface area contributed by atoms with Crippen molar-refractivity contribution in [2.75, 3.05) is 11.3 Å². The van der Waals surface area contributed by atoms with Gasteiger partial charge < -0.3 is 10.1 Å². The topological polar surface area (TPSA) is 97.4 Å². The van der Waals surface area contributed by atoms with Gasteiger partial charge in [-0.25, -0.2) is 13.4 Å². The minimum absolute atomic E-state index is 0.0810. The number of hydrogen-bond donors (Lipinski definition) is 2. The van der Waals surface area contributed by atoms with Crippen LogP contribution in [0.3, 0.4) is 0 Å². The molecule has 7 nitrogen and oxygen atoms in total. The third-order valence-electron chi connectivity index (χ3n) is 5.01. The summed E-state index contributed by atoms with van der Waals surface area (Å²) in [5.41, 5.74) is 3.52. The van der Waals surface area contributed by atoms with Gasteiger partial charge in [0, 0.05) is 23.9 Å². The highest BCUT2D eigenvalue weighted by molar-refractivity contribution is 7.92. The molecule has 3 rings (SSSR count). The molecule has 2 aromatic carbocycles. The molecule has 0 atom stereocenters. The Balaban J connectivity index is 1.67. The number of anilines is 1. The van der Waals surface area contributed by atoms with Gasteiger partial charge in [-0.15, -0.1) is 0 Å². The van der Waals surface area contributed by atoms with Crippen LogP contribution in [0.1, 0.15) is 40.4 Å². The monoisotopic (exact) mass is 453 g/mol. The molecular formula is C24H27N3O4S. The zero-order valence-electron chi connectivity index (χ0n) is 18.4. The van der Waals surface area contributed by atoms with Crippen LogP contribution in [0.5, 0.6) is 5.88 Å². The summed E-state index contributed by atoms with van der Waals surface area (Å²) in [4.78, 5) is 16.8. The van der Waals surface area contributed by atoms with E-state index < -0.39 is 10.0 Å². The first-order valence-electron chi connectivity index (χ1n) is 10.4. The van der Waals surface area contributed by atoms with E-state index in [4.69, 9.17) is 4.74 Å². The van der Waals surface area contributed by atoms with Gasteiger partial charge in [-0.05, 0) is 67.8 Å². The number of rotatable bonds is 9. The van der Waals surface area contributed by atoms with E-state index in [1.54, 1.807) is 24.4 Å². The Labute approximate surface area is 188 Å². The van der Waals surface area contributed by atoms with Gasteiger partial charge in [-0.1, -0.05) is 25.1 Å². The van der Waals surface area contributed by atoms with Crippen LogP contribution in [0.2, 0.25) is 0 Å². The quantitative estimate of drug-likeness (QED) is 0.506. The molecule has 0 saturated carbocycles. The second-order valence-corrected chi connectivity index (χ2v) is 9.06. The average Bonchev–Trinajstić information content (AvgIpc) is 2.79. The lowest BCUT2D eigenvalue weighted by Gasteiger charge is -2.13. The van der Waals surface area contributed by atoms with Gasteiger partial charge in [0.1, 0.15) is 0 Å². The fourth-order valence-corrected chi connectivity index (χ4v) is 4.14. The maximum absolute atomic E-state index is 12.7. The first-order chi connectivity index (χ1) is 15.3. The van der Waals surface area contributed by atoms with E-state index in [-0.39, 0.29) is 17.3 Å². The fraction of sp³-hybridized carbons (Fsp3) is 0.250. The molecule has 0 unspecified atom stereocenters. The summed E-state index contributed by atoms with van der Waals surface area (Å²) in [5, 5.41) is 2.82. The highest BCUT2D eigenvalue weighted by Gasteiger charge is 2.17. The summed E-state index contributed by atoms with van der Waals surface area (Å²) < 4.78 is 33.7. The predicted octanol–water partition coefficient (Wildman–Crippen LogP) is 4.22. The summed E-state index contributed by atoms with van der Waals surface area (Å²) >= 11 is 0. The number of pyridine rings is 1. The molecular weight excluding hydrogens is 426 g/mol. The van der Waals surface area contributed by atoms with Crippen LogP contribution in [0.4, 0.5) is 5.69 Å². The number of ether oxygens (including phenoxy) is 1. The van der Waals surface area contributed by atoms with Crippen molar-refractivity contribution in [2.45, 2.75) is 38.6 Å². The molecule has 0 aliphatic carbocycles. The lowest BCUT2D eigenvalue weighted by Crippen LogP contribution is -2.23. The average molecular weight is 454 g/mol. The van der Waals surface area contributed by atoms with Gasteiger partial charge >= 0.3 is 0 Å². The normalized spacial score (nSPS) is 11.1. The zero-order valence-corrected chi connectivity index (χ0v) is 19.2. The van der Waals surface area contributed by atoms with Crippen molar-refractivity contribution in [1.29, 1.82) is 0 Å². The van der Waals surface area contributed by atoms with Crippen molar-refractivity contribution < 1.29 is 17.9 Å². The predicted molar refractivity (Wildman–Crippen MR) is 124 cm³/mol. The number of hydrogen-bond acceptors (Lipinski definition) is 5. The van der Waals surface area contributed by atoms with E-state index in [2.05, 4.69) is 15.0 Å². The largest absolute Gasteiger partial charge is 0.477 e. The van der Waals surface area contributed by atoms with E-state index in [9.17, 15) is 13.2 Å². The Morgan fingerprint density at radius 2 is 1.78 bits per heavy atom. The number of aromatic nitrogens is 1. The molecule has 1 heterocycles. The molecule has 1 aromatic heterocycles. The van der Waals surface area contributed by atoms with E-state index >= 15 is 0 Å². The van der Waals surface area contributed by atoms with Gasteiger partial charge in [0.05, 0.1) is 17.2 Å². The molecule has 0 bridgehead atoms. The van der Waals surface area contributed by atoms with Gasteiger partial charge in [0.25, 0.3) is 15.9 Å². The lowest BCUT2D eigenvalue weighted by molar-refractivity contribution is 0.0950. The molecule has 32 heavy (non-hydrogen) atoms. The van der Waals surface area contributed by atoms with Crippen molar-refractivity contribution in [3.8, 4) is 5.88 Å². The minimum Gasteiger partial charge on any atom is -0.477 e. The molecule has 3 aromatic rings. The van der Waals surface area contributed by atoms with Crippen molar-refractivity contribution in [1.82, 2.24) is 10.3 Å². The third kappa shape index (κ3) is 5.64. The molecule has 0 aliphatic rings. The number of aryl methyl sites for hydroxylation is 1. The van der Waals surface area contributed by atoms with Gasteiger partial charge in [0.15, 0.2) is 0 Å². The second kappa shape index (κ2) is 10.3. The molecule has 0 radical (unpaired) electrons. The van der Waals surface area contributed by atoms with Crippen LogP contribution in [-0.4, -0.2) is 25.9 Å². The summed E-state index contributed by atoms with van der Waals surface area (Å²) in [5.74, 6) is 0.176. The maximum atomic E-state index is 12.7. The van der Waals surface area contributed by atoms with Gasteiger partial charge in [-0.2, -0.15) is 0 Å². The van der Waals surface area contributed by atoms with Crippen LogP contribution in [0.25, 0.3) is 0 Å². The number of carbonyl (C=O) groups is 1. The Hall–Kier alpha value is -3.39. The smallest absolute Gasteiger partial charge is 0.261 e. The van der Waals surface area contributed by atoms with Crippen molar-refractivity contribution in [2.24, 2.45) is 0 Å². The number of carbonyl (C=O) groups excluding carboxylic acids is 1. The van der Waals surface area contributed by atoms with Crippen LogP contribution >= 0.6 is 0 Å². The first-order valence-corrected chi connectivity index (χ1v) is 11.8. The van der Waals surface area contributed by atoms with Gasteiger partial charge in [-0.3, -0.25) is 9.52 Å². The second-order valence-electron chi connectivity index (χ2n) is 7.38. The van der Waals surface area contributed by atoms with E-state index in [0.29, 0.717) is 23.7 Å². The van der Waals surface area contributed by atoms with E-state index in [0.717, 1.165) is 23.1 Å². The Morgan fingerprint density at radius 3 is 2.50 bits per heavy atom. The minimum atomic E-state index is -3.77. The number of nitrogens with zero attached hydrogens (tertiary/aromatic N) is 1. The summed E-state index contributed by atoms with van der Waals surface area (Å²) in [6.45, 7) is 6.59. The van der Waals surface area contributed by atoms with Crippen molar-refractivity contribution in [3.05, 3.63) is 83.0 Å². The van der Waals surface area contributed by atoms with Gasteiger partial charge in [0.2, 0.25) is 5.88 Å². The third-order valence-corrected chi connectivity index (χ3v) is 6.39. The summed E-state index contributed by atoms with van der Waals surface area (Å²) in [6.07, 6.45) is 2.50.